The van der Waals surface area contributed by atoms with Gasteiger partial charge in [0.1, 0.15) is 0 Å². The molecule has 1 aliphatic carbocycles. The Labute approximate surface area is 78.4 Å². The molecule has 0 bridgehead atoms. The van der Waals surface area contributed by atoms with Gasteiger partial charge >= 0.3 is 0 Å². The molecule has 0 amide bonds. The van der Waals surface area contributed by atoms with Gasteiger partial charge in [0.15, 0.2) is 0 Å². The second-order valence-corrected chi connectivity index (χ2v) is 4.41. The van der Waals surface area contributed by atoms with Crippen LogP contribution in [0.15, 0.2) is 12.4 Å². The number of nitrogens with zero attached hydrogens (tertiary/aromatic N) is 2. The van der Waals surface area contributed by atoms with Crippen LogP contribution < -0.4 is 5.73 Å². The standard InChI is InChI=1S/C10H15N3/c1-6-4-13-7(5-12-6)8-9(11)10(8,2)3/h4-5,8-9H,11H2,1-3H3/t8-,9-/m1/s1. The highest BCUT2D eigenvalue weighted by molar-refractivity contribution is 5.27. The molecule has 2 N–H and O–H groups in total. The van der Waals surface area contributed by atoms with Crippen LogP contribution in [0.2, 0.25) is 0 Å². The predicted molar refractivity (Wildman–Crippen MR) is 51.3 cm³/mol. The third-order valence-corrected chi connectivity index (χ3v) is 3.03. The van der Waals surface area contributed by atoms with Crippen LogP contribution >= 0.6 is 0 Å². The summed E-state index contributed by atoms with van der Waals surface area (Å²) >= 11 is 0. The van der Waals surface area contributed by atoms with Crippen molar-refractivity contribution in [3.63, 3.8) is 0 Å². The summed E-state index contributed by atoms with van der Waals surface area (Å²) in [6.45, 7) is 6.28. The maximum absolute atomic E-state index is 5.95. The van der Waals surface area contributed by atoms with Gasteiger partial charge in [0.25, 0.3) is 0 Å². The van der Waals surface area contributed by atoms with Crippen molar-refractivity contribution < 1.29 is 0 Å². The first-order valence-electron chi connectivity index (χ1n) is 4.57. The summed E-state index contributed by atoms with van der Waals surface area (Å²) in [6.07, 6.45) is 3.64. The van der Waals surface area contributed by atoms with Crippen LogP contribution in [0.5, 0.6) is 0 Å². The highest BCUT2D eigenvalue weighted by Crippen LogP contribution is 2.56. The second-order valence-electron chi connectivity index (χ2n) is 4.41. The molecule has 3 heteroatoms. The van der Waals surface area contributed by atoms with Crippen LogP contribution in [0.4, 0.5) is 0 Å². The molecule has 0 spiro atoms. The number of hydrogen-bond donors (Lipinski definition) is 1. The Hall–Kier alpha value is -0.960. The Kier molecular flexibility index (Phi) is 1.67. The summed E-state index contributed by atoms with van der Waals surface area (Å²) in [4.78, 5) is 8.57. The topological polar surface area (TPSA) is 51.8 Å². The van der Waals surface area contributed by atoms with E-state index in [-0.39, 0.29) is 11.5 Å². The van der Waals surface area contributed by atoms with E-state index in [9.17, 15) is 0 Å². The van der Waals surface area contributed by atoms with Gasteiger partial charge < -0.3 is 5.73 Å². The van der Waals surface area contributed by atoms with Crippen molar-refractivity contribution in [2.24, 2.45) is 11.1 Å². The highest BCUT2D eigenvalue weighted by atomic mass is 14.9. The van der Waals surface area contributed by atoms with Gasteiger partial charge in [-0.25, -0.2) is 0 Å². The predicted octanol–water partition coefficient (Wildman–Crippen LogP) is 1.24. The van der Waals surface area contributed by atoms with E-state index in [4.69, 9.17) is 5.73 Å². The molecule has 3 nitrogen and oxygen atoms in total. The lowest BCUT2D eigenvalue weighted by Crippen LogP contribution is -2.06. The van der Waals surface area contributed by atoms with Crippen LogP contribution in [0.3, 0.4) is 0 Å². The molecule has 1 aromatic rings. The molecule has 2 atom stereocenters. The van der Waals surface area contributed by atoms with E-state index >= 15 is 0 Å². The molecule has 13 heavy (non-hydrogen) atoms. The Morgan fingerprint density at radius 3 is 2.31 bits per heavy atom. The van der Waals surface area contributed by atoms with Crippen LogP contribution in [0.25, 0.3) is 0 Å². The summed E-state index contributed by atoms with van der Waals surface area (Å²) in [5.41, 5.74) is 8.13. The maximum Gasteiger partial charge on any atom is 0.0639 e. The molecule has 2 rings (SSSR count). The first-order valence-corrected chi connectivity index (χ1v) is 4.57. The number of hydrogen-bond acceptors (Lipinski definition) is 3. The van der Waals surface area contributed by atoms with Gasteiger partial charge in [-0.3, -0.25) is 9.97 Å². The minimum atomic E-state index is 0.198. The molecule has 1 aliphatic rings. The molecular formula is C10H15N3. The molecule has 70 valence electrons. The van der Waals surface area contributed by atoms with E-state index in [1.54, 1.807) is 6.20 Å². The molecule has 1 fully saturated rings. The van der Waals surface area contributed by atoms with Crippen molar-refractivity contribution in [3.05, 3.63) is 23.8 Å². The Morgan fingerprint density at radius 1 is 1.31 bits per heavy atom. The lowest BCUT2D eigenvalue weighted by atomic mass is 10.1. The van der Waals surface area contributed by atoms with Crippen molar-refractivity contribution in [3.8, 4) is 0 Å². The molecule has 0 aliphatic heterocycles. The van der Waals surface area contributed by atoms with Gasteiger partial charge in [0.2, 0.25) is 0 Å². The van der Waals surface area contributed by atoms with Crippen molar-refractivity contribution in [1.29, 1.82) is 0 Å². The van der Waals surface area contributed by atoms with E-state index in [0.717, 1.165) is 11.4 Å². The number of rotatable bonds is 1. The molecule has 0 saturated heterocycles. The van der Waals surface area contributed by atoms with Gasteiger partial charge in [0.05, 0.1) is 11.4 Å². The Morgan fingerprint density at radius 2 is 1.92 bits per heavy atom. The molecule has 0 radical (unpaired) electrons. The summed E-state index contributed by atoms with van der Waals surface area (Å²) in [5.74, 6) is 0.389. The fourth-order valence-corrected chi connectivity index (χ4v) is 1.81. The molecule has 1 heterocycles. The Balaban J connectivity index is 2.25. The van der Waals surface area contributed by atoms with E-state index in [1.807, 2.05) is 13.1 Å². The van der Waals surface area contributed by atoms with Gasteiger partial charge in [-0.15, -0.1) is 0 Å². The summed E-state index contributed by atoms with van der Waals surface area (Å²) in [6, 6.07) is 0.240. The minimum Gasteiger partial charge on any atom is -0.327 e. The lowest BCUT2D eigenvalue weighted by molar-refractivity contribution is 0.594. The van der Waals surface area contributed by atoms with Crippen molar-refractivity contribution in [2.45, 2.75) is 32.7 Å². The van der Waals surface area contributed by atoms with E-state index in [1.165, 1.54) is 0 Å². The summed E-state index contributed by atoms with van der Waals surface area (Å²) < 4.78 is 0. The first-order chi connectivity index (χ1) is 6.03. The molecule has 1 aromatic heterocycles. The largest absolute Gasteiger partial charge is 0.327 e. The zero-order valence-electron chi connectivity index (χ0n) is 8.28. The van der Waals surface area contributed by atoms with Crippen LogP contribution in [0.1, 0.15) is 31.2 Å². The average molecular weight is 177 g/mol. The van der Waals surface area contributed by atoms with Gasteiger partial charge in [-0.05, 0) is 12.3 Å². The van der Waals surface area contributed by atoms with E-state index in [0.29, 0.717) is 5.92 Å². The van der Waals surface area contributed by atoms with Crippen molar-refractivity contribution in [1.82, 2.24) is 9.97 Å². The lowest BCUT2D eigenvalue weighted by Gasteiger charge is -2.00. The zero-order valence-corrected chi connectivity index (χ0v) is 8.28. The SMILES string of the molecule is Cc1cnc([C@@H]2[C@@H](N)C2(C)C)cn1. The number of aromatic nitrogens is 2. The van der Waals surface area contributed by atoms with E-state index < -0.39 is 0 Å². The average Bonchev–Trinajstić information content (AvgIpc) is 2.55. The number of nitrogens with two attached hydrogens (primary N) is 1. The van der Waals surface area contributed by atoms with E-state index in [2.05, 4.69) is 23.8 Å². The van der Waals surface area contributed by atoms with Crippen molar-refractivity contribution >= 4 is 0 Å². The fraction of sp³-hybridized carbons (Fsp3) is 0.600. The molecule has 1 saturated carbocycles. The zero-order chi connectivity index (χ0) is 9.64. The first kappa shape index (κ1) is 8.63. The molecule has 0 aromatic carbocycles. The van der Waals surface area contributed by atoms with Crippen LogP contribution in [-0.2, 0) is 0 Å². The summed E-state index contributed by atoms with van der Waals surface area (Å²) in [5, 5.41) is 0. The minimum absolute atomic E-state index is 0.198. The van der Waals surface area contributed by atoms with Crippen molar-refractivity contribution in [2.75, 3.05) is 0 Å². The van der Waals surface area contributed by atoms with Gasteiger partial charge in [0, 0.05) is 24.4 Å². The third-order valence-electron chi connectivity index (χ3n) is 3.03. The fourth-order valence-electron chi connectivity index (χ4n) is 1.81. The Bertz CT molecular complexity index is 315. The van der Waals surface area contributed by atoms with Crippen LogP contribution in [0, 0.1) is 12.3 Å². The van der Waals surface area contributed by atoms with Gasteiger partial charge in [-0.2, -0.15) is 0 Å². The number of aryl methyl sites for hydroxylation is 1. The normalized spacial score (nSPS) is 30.2. The second kappa shape index (κ2) is 2.51. The third kappa shape index (κ3) is 1.23. The molecular weight excluding hydrogens is 162 g/mol. The molecule has 0 unspecified atom stereocenters. The quantitative estimate of drug-likeness (QED) is 0.702. The summed E-state index contributed by atoms with van der Waals surface area (Å²) in [7, 11) is 0. The smallest absolute Gasteiger partial charge is 0.0639 e. The van der Waals surface area contributed by atoms with Gasteiger partial charge in [-0.1, -0.05) is 13.8 Å². The van der Waals surface area contributed by atoms with Crippen LogP contribution in [-0.4, -0.2) is 16.0 Å². The highest BCUT2D eigenvalue weighted by Gasteiger charge is 2.57. The maximum atomic E-state index is 5.95. The monoisotopic (exact) mass is 177 g/mol.